The zero-order valence-corrected chi connectivity index (χ0v) is 20.7. The first kappa shape index (κ1) is 24.2. The highest BCUT2D eigenvalue weighted by Gasteiger charge is 2.41. The summed E-state index contributed by atoms with van der Waals surface area (Å²) in [5.41, 5.74) is 0.952. The highest BCUT2D eigenvalue weighted by atomic mass is 127. The molecule has 1 aliphatic carbocycles. The number of aliphatic imine (C=N–C) groups is 1. The van der Waals surface area contributed by atoms with Crippen molar-refractivity contribution in [2.75, 3.05) is 25.4 Å². The summed E-state index contributed by atoms with van der Waals surface area (Å²) in [5, 5.41) is 3.30. The molecule has 1 aromatic rings. The minimum absolute atomic E-state index is 0. The Bertz CT molecular complexity index is 808. The Morgan fingerprint density at radius 1 is 1.38 bits per heavy atom. The highest BCUT2D eigenvalue weighted by molar-refractivity contribution is 14.0. The van der Waals surface area contributed by atoms with Crippen molar-refractivity contribution in [2.45, 2.75) is 63.9 Å². The lowest BCUT2D eigenvalue weighted by Crippen LogP contribution is -2.57. The molecular weight excluding hydrogens is 503 g/mol. The standard InChI is InChI=1S/C20H32N4O3S.HI/c1-4-21-19(24-12-13-28(25,26)20(2,3)15-24)23-14-16-8-7-11-22-18(16)27-17-9-5-6-10-17;/h7-8,11,17H,4-6,9-10,12-15H2,1-3H3,(H,21,23);1H. The number of halogens is 1. The van der Waals surface area contributed by atoms with Gasteiger partial charge < -0.3 is 15.0 Å². The smallest absolute Gasteiger partial charge is 0.218 e. The predicted molar refractivity (Wildman–Crippen MR) is 127 cm³/mol. The summed E-state index contributed by atoms with van der Waals surface area (Å²) < 4.78 is 29.9. The molecule has 9 heteroatoms. The van der Waals surface area contributed by atoms with Crippen LogP contribution in [0, 0.1) is 0 Å². The lowest BCUT2D eigenvalue weighted by Gasteiger charge is -2.39. The van der Waals surface area contributed by atoms with E-state index >= 15 is 0 Å². The van der Waals surface area contributed by atoms with Gasteiger partial charge in [-0.15, -0.1) is 24.0 Å². The largest absolute Gasteiger partial charge is 0.474 e. The summed E-state index contributed by atoms with van der Waals surface area (Å²) in [6.07, 6.45) is 6.59. The van der Waals surface area contributed by atoms with Crippen molar-refractivity contribution in [3.05, 3.63) is 23.9 Å². The van der Waals surface area contributed by atoms with Gasteiger partial charge in [-0.05, 0) is 52.5 Å². The third-order valence-corrected chi connectivity index (χ3v) is 8.04. The van der Waals surface area contributed by atoms with Gasteiger partial charge in [-0.1, -0.05) is 6.07 Å². The average molecular weight is 536 g/mol. The van der Waals surface area contributed by atoms with Gasteiger partial charge in [0.05, 0.1) is 17.0 Å². The highest BCUT2D eigenvalue weighted by Crippen LogP contribution is 2.26. The second-order valence-corrected chi connectivity index (χ2v) is 10.9. The lowest BCUT2D eigenvalue weighted by molar-refractivity contribution is 0.199. The maximum atomic E-state index is 12.3. The number of nitrogens with zero attached hydrogens (tertiary/aromatic N) is 3. The zero-order valence-electron chi connectivity index (χ0n) is 17.6. The number of pyridine rings is 1. The van der Waals surface area contributed by atoms with Crippen LogP contribution in [0.4, 0.5) is 0 Å². The van der Waals surface area contributed by atoms with Gasteiger partial charge in [0, 0.05) is 31.4 Å². The van der Waals surface area contributed by atoms with E-state index in [2.05, 4.69) is 10.3 Å². The van der Waals surface area contributed by atoms with Gasteiger partial charge in [-0.3, -0.25) is 0 Å². The molecule has 1 saturated carbocycles. The number of guanidine groups is 1. The van der Waals surface area contributed by atoms with Crippen LogP contribution in [0.1, 0.15) is 52.0 Å². The number of hydrogen-bond donors (Lipinski definition) is 1. The Balaban J connectivity index is 0.00000300. The summed E-state index contributed by atoms with van der Waals surface area (Å²) in [5.74, 6) is 1.55. The van der Waals surface area contributed by atoms with Crippen molar-refractivity contribution in [1.29, 1.82) is 0 Å². The predicted octanol–water partition coefficient (Wildman–Crippen LogP) is 3.00. The normalized spacial score (nSPS) is 21.5. The van der Waals surface area contributed by atoms with Crippen LogP contribution in [-0.4, -0.2) is 60.5 Å². The molecule has 0 atom stereocenters. The second kappa shape index (κ2) is 10.3. The Hall–Kier alpha value is -1.10. The van der Waals surface area contributed by atoms with Gasteiger partial charge in [0.15, 0.2) is 15.8 Å². The van der Waals surface area contributed by atoms with Gasteiger partial charge >= 0.3 is 0 Å². The summed E-state index contributed by atoms with van der Waals surface area (Å²) in [7, 11) is -3.08. The van der Waals surface area contributed by atoms with Gasteiger partial charge in [-0.25, -0.2) is 18.4 Å². The Morgan fingerprint density at radius 3 is 2.76 bits per heavy atom. The average Bonchev–Trinajstić information content (AvgIpc) is 3.15. The monoisotopic (exact) mass is 536 g/mol. The first-order valence-corrected chi connectivity index (χ1v) is 11.8. The van der Waals surface area contributed by atoms with Crippen LogP contribution in [0.15, 0.2) is 23.3 Å². The van der Waals surface area contributed by atoms with Crippen molar-refractivity contribution in [2.24, 2.45) is 4.99 Å². The van der Waals surface area contributed by atoms with Gasteiger partial charge in [0.25, 0.3) is 0 Å². The molecule has 0 amide bonds. The Kier molecular flexibility index (Phi) is 8.57. The van der Waals surface area contributed by atoms with Gasteiger partial charge in [0.1, 0.15) is 6.10 Å². The van der Waals surface area contributed by atoms with Crippen molar-refractivity contribution in [3.8, 4) is 5.88 Å². The number of hydrogen-bond acceptors (Lipinski definition) is 5. The first-order valence-electron chi connectivity index (χ1n) is 10.2. The van der Waals surface area contributed by atoms with Crippen molar-refractivity contribution >= 4 is 39.8 Å². The molecule has 3 rings (SSSR count). The summed E-state index contributed by atoms with van der Waals surface area (Å²) >= 11 is 0. The quantitative estimate of drug-likeness (QED) is 0.354. The Labute approximate surface area is 191 Å². The number of aromatic nitrogens is 1. The van der Waals surface area contributed by atoms with Crippen molar-refractivity contribution in [1.82, 2.24) is 15.2 Å². The van der Waals surface area contributed by atoms with Crippen LogP contribution in [0.3, 0.4) is 0 Å². The molecule has 0 aromatic carbocycles. The third kappa shape index (κ3) is 5.96. The molecule has 1 saturated heterocycles. The van der Waals surface area contributed by atoms with Crippen molar-refractivity contribution in [3.63, 3.8) is 0 Å². The molecule has 164 valence electrons. The summed E-state index contributed by atoms with van der Waals surface area (Å²) in [6.45, 7) is 7.64. The van der Waals surface area contributed by atoms with Crippen LogP contribution in [0.5, 0.6) is 5.88 Å². The molecule has 0 radical (unpaired) electrons. The molecule has 7 nitrogen and oxygen atoms in total. The van der Waals surface area contributed by atoms with E-state index in [9.17, 15) is 8.42 Å². The van der Waals surface area contributed by atoms with Crippen LogP contribution < -0.4 is 10.1 Å². The molecule has 1 aliphatic heterocycles. The SMILES string of the molecule is CCNC(=NCc1cccnc1OC1CCCC1)N1CCS(=O)(=O)C(C)(C)C1.I. The molecule has 2 fully saturated rings. The molecule has 2 aliphatic rings. The first-order chi connectivity index (χ1) is 13.3. The van der Waals surface area contributed by atoms with E-state index in [4.69, 9.17) is 9.73 Å². The number of rotatable bonds is 5. The molecule has 0 unspecified atom stereocenters. The number of nitrogens with one attached hydrogen (secondary N) is 1. The minimum Gasteiger partial charge on any atom is -0.474 e. The van der Waals surface area contributed by atoms with Crippen LogP contribution >= 0.6 is 24.0 Å². The van der Waals surface area contributed by atoms with E-state index in [0.29, 0.717) is 25.5 Å². The lowest BCUT2D eigenvalue weighted by atomic mass is 10.2. The summed E-state index contributed by atoms with van der Waals surface area (Å²) in [6, 6.07) is 3.89. The summed E-state index contributed by atoms with van der Waals surface area (Å²) in [4.78, 5) is 11.2. The molecule has 1 aromatic heterocycles. The fraction of sp³-hybridized carbons (Fsp3) is 0.700. The fourth-order valence-electron chi connectivity index (χ4n) is 3.73. The molecule has 0 bridgehead atoms. The van der Waals surface area contributed by atoms with E-state index in [1.54, 1.807) is 20.0 Å². The van der Waals surface area contributed by atoms with Gasteiger partial charge in [-0.2, -0.15) is 0 Å². The Morgan fingerprint density at radius 2 is 2.10 bits per heavy atom. The van der Waals surface area contributed by atoms with E-state index in [-0.39, 0.29) is 35.8 Å². The molecule has 29 heavy (non-hydrogen) atoms. The topological polar surface area (TPSA) is 83.9 Å². The van der Waals surface area contributed by atoms with Crippen LogP contribution in [0.2, 0.25) is 0 Å². The molecular formula is C20H33IN4O3S. The molecule has 1 N–H and O–H groups in total. The third-order valence-electron chi connectivity index (χ3n) is 5.51. The van der Waals surface area contributed by atoms with E-state index in [1.807, 2.05) is 24.0 Å². The number of ether oxygens (including phenoxy) is 1. The van der Waals surface area contributed by atoms with E-state index in [0.717, 1.165) is 30.9 Å². The maximum absolute atomic E-state index is 12.3. The fourth-order valence-corrected chi connectivity index (χ4v) is 5.09. The minimum atomic E-state index is -3.08. The van der Waals surface area contributed by atoms with Gasteiger partial charge in [0.2, 0.25) is 5.88 Å². The van der Waals surface area contributed by atoms with Crippen molar-refractivity contribution < 1.29 is 13.2 Å². The van der Waals surface area contributed by atoms with Crippen LogP contribution in [-0.2, 0) is 16.4 Å². The maximum Gasteiger partial charge on any atom is 0.218 e. The second-order valence-electron chi connectivity index (χ2n) is 8.16. The van der Waals surface area contributed by atoms with Crippen LogP contribution in [0.25, 0.3) is 0 Å². The zero-order chi connectivity index (χ0) is 20.2. The molecule has 0 spiro atoms. The van der Waals surface area contributed by atoms with E-state index in [1.165, 1.54) is 12.8 Å². The number of sulfone groups is 1. The molecule has 2 heterocycles. The van der Waals surface area contributed by atoms with E-state index < -0.39 is 14.6 Å².